The van der Waals surface area contributed by atoms with Gasteiger partial charge in [0.25, 0.3) is 0 Å². The van der Waals surface area contributed by atoms with Gasteiger partial charge in [-0.3, -0.25) is 4.79 Å². The van der Waals surface area contributed by atoms with Crippen molar-refractivity contribution in [1.82, 2.24) is 0 Å². The zero-order valence-corrected chi connectivity index (χ0v) is 31.7. The van der Waals surface area contributed by atoms with Crippen molar-refractivity contribution in [2.24, 2.45) is 23.2 Å². The van der Waals surface area contributed by atoms with E-state index in [1.54, 1.807) is 0 Å². The standard InChI is InChI=1S/C8H16O.C5H12.2C4H10.2C3H8.4C2H6.14CH4/c1-5-7(9)6-8(2,3)4;1-4-5(2)3;2*1-4(2)3;2*1-3-2;4*1-2;;;;;;;;;;;;;;/h5-6H2,1-4H3;5H,4H2,1-3H3;2*4H,1-3H3;2*3H2,1-2H3;4*1-2H3;14*1H4. The Morgan fingerprint density at radius 3 is 0.520 bits per heavy atom. The first-order valence-corrected chi connectivity index (χ1v) is 16.0. The first kappa shape index (κ1) is 179. The van der Waals surface area contributed by atoms with E-state index in [1.807, 2.05) is 62.3 Å². The van der Waals surface area contributed by atoms with E-state index in [0.717, 1.165) is 17.8 Å². The average Bonchev–Trinajstić information content (AvgIpc) is 2.79. The quantitative estimate of drug-likeness (QED) is 0.281. The first-order chi connectivity index (χ1) is 16.5. The molecule has 0 aliphatic carbocycles. The SMILES string of the molecule is C.C.C.C.C.C.C.C.C.C.C.C.C.C.CC.CC.CC.CC.CC(C)C.CC(C)C.CCC.CCC.CCC(=O)CC(C)(C)C.CCC(C)C. The van der Waals surface area contributed by atoms with E-state index in [2.05, 4.69) is 111 Å². The van der Waals surface area contributed by atoms with Crippen LogP contribution in [0.4, 0.5) is 0 Å². The summed E-state index contributed by atoms with van der Waals surface area (Å²) in [5.41, 5.74) is 0.174. The summed E-state index contributed by atoms with van der Waals surface area (Å²) in [6.07, 6.45) is 5.20. The van der Waals surface area contributed by atoms with Gasteiger partial charge < -0.3 is 0 Å². The van der Waals surface area contributed by atoms with Crippen LogP contribution in [0, 0.1) is 23.2 Å². The summed E-state index contributed by atoms with van der Waals surface area (Å²) in [5.74, 6) is 2.91. The summed E-state index contributed by atoms with van der Waals surface area (Å²) in [6, 6.07) is 0. The van der Waals surface area contributed by atoms with Crippen molar-refractivity contribution in [1.29, 1.82) is 0 Å². The zero-order valence-electron chi connectivity index (χ0n) is 31.7. The molecule has 0 unspecified atom stereocenters. The Kier molecular flexibility index (Phi) is 768. The van der Waals surface area contributed by atoms with Crippen molar-refractivity contribution in [3.05, 3.63) is 0 Å². The molecule has 0 rings (SSSR count). The lowest BCUT2D eigenvalue weighted by Crippen LogP contribution is -2.11. The predicted octanol–water partition coefficient (Wildman–Crippen LogP) is 23.6. The molecule has 0 aromatic heterocycles. The second kappa shape index (κ2) is 215. The molecular weight excluding hydrogens is 605 g/mol. The lowest BCUT2D eigenvalue weighted by atomic mass is 9.89. The van der Waals surface area contributed by atoms with Crippen LogP contribution >= 0.6 is 0 Å². The molecule has 0 bridgehead atoms. The molecule has 1 heteroatoms. The van der Waals surface area contributed by atoms with Gasteiger partial charge in [-0.2, -0.15) is 0 Å². The Morgan fingerprint density at radius 1 is 0.400 bits per heavy atom. The average molecular weight is 750 g/mol. The van der Waals surface area contributed by atoms with E-state index < -0.39 is 0 Å². The Labute approximate surface area is 342 Å². The van der Waals surface area contributed by atoms with Gasteiger partial charge in [0.1, 0.15) is 5.78 Å². The Balaban J connectivity index is -0.00000000689. The summed E-state index contributed by atoms with van der Waals surface area (Å²) < 4.78 is 0. The van der Waals surface area contributed by atoms with E-state index >= 15 is 0 Å². The van der Waals surface area contributed by atoms with Crippen molar-refractivity contribution < 1.29 is 4.79 Å². The van der Waals surface area contributed by atoms with Gasteiger partial charge in [-0.25, -0.2) is 0 Å². The first-order valence-electron chi connectivity index (χ1n) is 16.0. The molecule has 0 aromatic carbocycles. The second-order valence-corrected chi connectivity index (χ2v) is 10.3. The fourth-order valence-corrected chi connectivity index (χ4v) is 0.717. The minimum Gasteiger partial charge on any atom is -0.300 e. The van der Waals surface area contributed by atoms with E-state index in [4.69, 9.17) is 0 Å². The van der Waals surface area contributed by atoms with E-state index in [1.165, 1.54) is 19.3 Å². The Hall–Kier alpha value is -0.330. The van der Waals surface area contributed by atoms with Crippen LogP contribution in [0.3, 0.4) is 0 Å². The van der Waals surface area contributed by atoms with E-state index in [-0.39, 0.29) is 109 Å². The minimum atomic E-state index is 0. The van der Waals surface area contributed by atoms with Gasteiger partial charge in [-0.1, -0.05) is 296 Å². The van der Waals surface area contributed by atoms with Crippen LogP contribution in [0.2, 0.25) is 0 Å². The molecule has 0 saturated carbocycles. The second-order valence-electron chi connectivity index (χ2n) is 10.3. The van der Waals surface area contributed by atoms with Crippen LogP contribution in [0.5, 0.6) is 0 Å². The molecule has 0 amide bonds. The van der Waals surface area contributed by atoms with Crippen LogP contribution in [-0.4, -0.2) is 5.78 Å². The van der Waals surface area contributed by atoms with Crippen molar-refractivity contribution in [3.63, 3.8) is 0 Å². The molecule has 0 aliphatic rings. The van der Waals surface area contributed by atoms with Crippen molar-refractivity contribution in [2.75, 3.05) is 0 Å². The normalized spacial score (nSPS) is 5.68. The minimum absolute atomic E-state index is 0. The highest BCUT2D eigenvalue weighted by Gasteiger charge is 2.13. The van der Waals surface area contributed by atoms with Gasteiger partial charge in [0.15, 0.2) is 0 Å². The Morgan fingerprint density at radius 2 is 0.500 bits per heavy atom. The maximum Gasteiger partial charge on any atom is 0.133 e. The fraction of sp³-hybridized carbons (Fsp3) is 0.980. The number of carbonyl (C=O) groups excluding carboxylic acids is 1. The topological polar surface area (TPSA) is 17.1 Å². The number of carbonyl (C=O) groups is 1. The predicted molar refractivity (Wildman–Crippen MR) is 277 cm³/mol. The zero-order chi connectivity index (χ0) is 32.3. The third kappa shape index (κ3) is 1380. The van der Waals surface area contributed by atoms with Crippen LogP contribution in [-0.2, 0) is 4.79 Å². The number of hydrogen-bond acceptors (Lipinski definition) is 1. The molecule has 0 atom stereocenters. The molecule has 0 fully saturated rings. The molecule has 0 N–H and O–H groups in total. The summed E-state index contributed by atoms with van der Waals surface area (Å²) in [7, 11) is 0. The Bertz CT molecular complexity index is 218. The van der Waals surface area contributed by atoms with Crippen LogP contribution in [0.25, 0.3) is 0 Å². The molecule has 0 aromatic rings. The number of rotatable bonds is 3. The lowest BCUT2D eigenvalue weighted by Gasteiger charge is -2.15. The van der Waals surface area contributed by atoms with Gasteiger partial charge >= 0.3 is 0 Å². The molecule has 1 nitrogen and oxygen atoms in total. The van der Waals surface area contributed by atoms with Crippen LogP contribution in [0.15, 0.2) is 0 Å². The molecule has 0 aliphatic heterocycles. The van der Waals surface area contributed by atoms with Crippen molar-refractivity contribution >= 4 is 5.78 Å². The smallest absolute Gasteiger partial charge is 0.133 e. The molecule has 346 valence electrons. The molecule has 0 saturated heterocycles. The number of hydrogen-bond donors (Lipinski definition) is 0. The highest BCUT2D eigenvalue weighted by Crippen LogP contribution is 2.19. The van der Waals surface area contributed by atoms with Crippen molar-refractivity contribution in [3.8, 4) is 0 Å². The van der Waals surface area contributed by atoms with Crippen LogP contribution in [0.1, 0.15) is 309 Å². The largest absolute Gasteiger partial charge is 0.300 e. The van der Waals surface area contributed by atoms with Gasteiger partial charge in [0, 0.05) is 12.8 Å². The van der Waals surface area contributed by atoms with E-state index in [9.17, 15) is 4.79 Å². The van der Waals surface area contributed by atoms with Gasteiger partial charge in [-0.15, -0.1) is 0 Å². The monoisotopic (exact) mass is 749 g/mol. The lowest BCUT2D eigenvalue weighted by molar-refractivity contribution is -0.120. The maximum absolute atomic E-state index is 10.8. The van der Waals surface area contributed by atoms with Crippen LogP contribution < -0.4 is 0 Å². The highest BCUT2D eigenvalue weighted by atomic mass is 16.1. The third-order valence-electron chi connectivity index (χ3n) is 1.94. The van der Waals surface area contributed by atoms with Gasteiger partial charge in [0.2, 0.25) is 0 Å². The number of ketones is 1. The maximum atomic E-state index is 10.8. The summed E-state index contributed by atoms with van der Waals surface area (Å²) in [4.78, 5) is 10.8. The molecule has 0 radical (unpaired) electrons. The fourth-order valence-electron chi connectivity index (χ4n) is 0.717. The summed E-state index contributed by atoms with van der Waals surface area (Å²) in [6.45, 7) is 52.3. The van der Waals surface area contributed by atoms with Gasteiger partial charge in [0.05, 0.1) is 0 Å². The summed E-state index contributed by atoms with van der Waals surface area (Å²) in [5, 5.41) is 0. The van der Waals surface area contributed by atoms with Crippen molar-refractivity contribution in [2.45, 2.75) is 309 Å². The summed E-state index contributed by atoms with van der Waals surface area (Å²) >= 11 is 0. The van der Waals surface area contributed by atoms with E-state index in [0.29, 0.717) is 18.6 Å². The molecule has 50 heavy (non-hydrogen) atoms. The highest BCUT2D eigenvalue weighted by molar-refractivity contribution is 5.78. The third-order valence-corrected chi connectivity index (χ3v) is 1.94. The molecule has 0 spiro atoms. The van der Waals surface area contributed by atoms with Gasteiger partial charge in [-0.05, 0) is 23.2 Å². The number of Topliss-reactive ketones (excluding diaryl/α,β-unsaturated/α-hetero) is 1. The molecular formula is C49H144O. The molecule has 0 heterocycles.